The van der Waals surface area contributed by atoms with E-state index in [-0.39, 0.29) is 28.3 Å². The van der Waals surface area contributed by atoms with Crippen molar-refractivity contribution >= 4 is 34.7 Å². The molecule has 2 rings (SSSR count). The number of rotatable bonds is 4. The van der Waals surface area contributed by atoms with E-state index in [2.05, 4.69) is 5.32 Å². The molecular weight excluding hydrogens is 308 g/mol. The fourth-order valence-electron chi connectivity index (χ4n) is 2.80. The van der Waals surface area contributed by atoms with Crippen molar-refractivity contribution in [3.05, 3.63) is 28.8 Å². The number of phenolic OH excluding ortho intramolecular Hbond substituents is 1. The molecule has 21 heavy (non-hydrogen) atoms. The van der Waals surface area contributed by atoms with Crippen LogP contribution in [-0.2, 0) is 0 Å². The topological polar surface area (TPSA) is 75.3 Å². The first kappa shape index (κ1) is 16.0. The quantitative estimate of drug-likeness (QED) is 0.743. The van der Waals surface area contributed by atoms with Crippen molar-refractivity contribution in [3.63, 3.8) is 0 Å². The van der Waals surface area contributed by atoms with E-state index >= 15 is 0 Å². The third-order valence-corrected chi connectivity index (χ3v) is 4.41. The summed E-state index contributed by atoms with van der Waals surface area (Å²) in [5, 5.41) is 13.0. The molecule has 0 aliphatic heterocycles. The van der Waals surface area contributed by atoms with Gasteiger partial charge in [0.15, 0.2) is 0 Å². The molecule has 1 aliphatic carbocycles. The second-order valence-corrected chi connectivity index (χ2v) is 6.32. The fourth-order valence-corrected chi connectivity index (χ4v) is 3.22. The maximum absolute atomic E-state index is 12.3. The molecule has 0 spiro atoms. The van der Waals surface area contributed by atoms with E-state index in [9.17, 15) is 9.90 Å². The SMILES string of the molecule is NC(=S)C(NC(=O)c1cc(Cl)ccc1O)C1CCCCC1. The first-order valence-electron chi connectivity index (χ1n) is 7.07. The van der Waals surface area contributed by atoms with Gasteiger partial charge in [0.1, 0.15) is 5.75 Å². The fraction of sp³-hybridized carbons (Fsp3) is 0.467. The van der Waals surface area contributed by atoms with E-state index in [1.165, 1.54) is 24.6 Å². The van der Waals surface area contributed by atoms with Gasteiger partial charge in [0.05, 0.1) is 16.6 Å². The molecule has 4 N–H and O–H groups in total. The number of hydrogen-bond donors (Lipinski definition) is 3. The number of nitrogens with one attached hydrogen (secondary N) is 1. The lowest BCUT2D eigenvalue weighted by atomic mass is 9.83. The Morgan fingerprint density at radius 3 is 2.67 bits per heavy atom. The van der Waals surface area contributed by atoms with Crippen molar-refractivity contribution in [1.82, 2.24) is 5.32 Å². The Labute approximate surface area is 134 Å². The van der Waals surface area contributed by atoms with E-state index in [0.29, 0.717) is 5.02 Å². The third kappa shape index (κ3) is 4.08. The van der Waals surface area contributed by atoms with Crippen LogP contribution in [-0.4, -0.2) is 22.0 Å². The summed E-state index contributed by atoms with van der Waals surface area (Å²) < 4.78 is 0. The van der Waals surface area contributed by atoms with Crippen LogP contribution in [0, 0.1) is 5.92 Å². The van der Waals surface area contributed by atoms with Gasteiger partial charge in [-0.3, -0.25) is 4.79 Å². The Morgan fingerprint density at radius 1 is 1.38 bits per heavy atom. The molecule has 0 aromatic heterocycles. The van der Waals surface area contributed by atoms with Crippen LogP contribution in [0.3, 0.4) is 0 Å². The van der Waals surface area contributed by atoms with Crippen LogP contribution in [0.5, 0.6) is 5.75 Å². The summed E-state index contributed by atoms with van der Waals surface area (Å²) in [6, 6.07) is 4.02. The van der Waals surface area contributed by atoms with Crippen LogP contribution < -0.4 is 11.1 Å². The molecule has 0 radical (unpaired) electrons. The summed E-state index contributed by atoms with van der Waals surface area (Å²) in [5.74, 6) is -0.248. The minimum Gasteiger partial charge on any atom is -0.507 e. The monoisotopic (exact) mass is 326 g/mol. The van der Waals surface area contributed by atoms with Gasteiger partial charge in [-0.15, -0.1) is 0 Å². The van der Waals surface area contributed by atoms with Gasteiger partial charge in [0.25, 0.3) is 5.91 Å². The lowest BCUT2D eigenvalue weighted by Gasteiger charge is -2.30. The lowest BCUT2D eigenvalue weighted by Crippen LogP contribution is -2.48. The molecule has 1 unspecified atom stereocenters. The molecule has 1 saturated carbocycles. The number of hydrogen-bond acceptors (Lipinski definition) is 3. The maximum atomic E-state index is 12.3. The highest BCUT2D eigenvalue weighted by atomic mass is 35.5. The maximum Gasteiger partial charge on any atom is 0.255 e. The zero-order valence-electron chi connectivity index (χ0n) is 11.6. The summed E-state index contributed by atoms with van der Waals surface area (Å²) in [4.78, 5) is 12.6. The highest BCUT2D eigenvalue weighted by Crippen LogP contribution is 2.27. The summed E-state index contributed by atoms with van der Waals surface area (Å²) in [6.07, 6.45) is 5.47. The Balaban J connectivity index is 2.14. The second kappa shape index (κ2) is 7.09. The number of carbonyl (C=O) groups excluding carboxylic acids is 1. The number of carbonyl (C=O) groups is 1. The number of phenols is 1. The molecule has 1 atom stereocenters. The summed E-state index contributed by atoms with van der Waals surface area (Å²) in [6.45, 7) is 0. The van der Waals surface area contributed by atoms with Gasteiger partial charge >= 0.3 is 0 Å². The smallest absolute Gasteiger partial charge is 0.255 e. The molecule has 1 aromatic rings. The number of halogens is 1. The van der Waals surface area contributed by atoms with Gasteiger partial charge in [-0.2, -0.15) is 0 Å². The molecule has 0 saturated heterocycles. The standard InChI is InChI=1S/C15H19ClN2O2S/c16-10-6-7-12(19)11(8-10)15(20)18-13(14(17)21)9-4-2-1-3-5-9/h6-9,13,19H,1-5H2,(H2,17,21)(H,18,20). The van der Waals surface area contributed by atoms with Gasteiger partial charge in [-0.05, 0) is 37.0 Å². The number of nitrogens with two attached hydrogens (primary N) is 1. The van der Waals surface area contributed by atoms with Crippen LogP contribution in [0.4, 0.5) is 0 Å². The number of aromatic hydroxyl groups is 1. The molecule has 0 heterocycles. The summed E-state index contributed by atoms with van der Waals surface area (Å²) in [5.41, 5.74) is 5.93. The molecule has 1 aliphatic rings. The third-order valence-electron chi connectivity index (χ3n) is 3.92. The second-order valence-electron chi connectivity index (χ2n) is 5.41. The van der Waals surface area contributed by atoms with Crippen LogP contribution in [0.25, 0.3) is 0 Å². The van der Waals surface area contributed by atoms with Gasteiger partial charge < -0.3 is 16.2 Å². The number of thiocarbonyl (C=S) groups is 1. The minimum atomic E-state index is -0.404. The number of benzene rings is 1. The van der Waals surface area contributed by atoms with Crippen molar-refractivity contribution in [1.29, 1.82) is 0 Å². The summed E-state index contributed by atoms with van der Waals surface area (Å²) in [7, 11) is 0. The van der Waals surface area contributed by atoms with Crippen LogP contribution >= 0.6 is 23.8 Å². The van der Waals surface area contributed by atoms with Gasteiger partial charge in [-0.1, -0.05) is 43.1 Å². The van der Waals surface area contributed by atoms with Crippen molar-refractivity contribution in [2.45, 2.75) is 38.1 Å². The molecule has 1 aromatic carbocycles. The van der Waals surface area contributed by atoms with Crippen molar-refractivity contribution in [2.75, 3.05) is 0 Å². The average Bonchev–Trinajstić information content (AvgIpc) is 2.47. The van der Waals surface area contributed by atoms with Gasteiger partial charge in [-0.25, -0.2) is 0 Å². The first-order chi connectivity index (χ1) is 9.99. The Hall–Kier alpha value is -1.33. The van der Waals surface area contributed by atoms with Gasteiger partial charge in [0, 0.05) is 5.02 Å². The predicted octanol–water partition coefficient (Wildman–Crippen LogP) is 3.01. The van der Waals surface area contributed by atoms with Crippen LogP contribution in [0.2, 0.25) is 5.02 Å². The normalized spacial score (nSPS) is 17.2. The van der Waals surface area contributed by atoms with E-state index in [1.54, 1.807) is 0 Å². The number of amides is 1. The largest absolute Gasteiger partial charge is 0.507 e. The van der Waals surface area contributed by atoms with E-state index in [4.69, 9.17) is 29.6 Å². The first-order valence-corrected chi connectivity index (χ1v) is 7.86. The van der Waals surface area contributed by atoms with Crippen molar-refractivity contribution in [3.8, 4) is 5.75 Å². The predicted molar refractivity (Wildman–Crippen MR) is 87.7 cm³/mol. The van der Waals surface area contributed by atoms with Crippen LogP contribution in [0.1, 0.15) is 42.5 Å². The van der Waals surface area contributed by atoms with E-state index < -0.39 is 5.91 Å². The molecular formula is C15H19ClN2O2S. The Bertz CT molecular complexity index is 544. The molecule has 4 nitrogen and oxygen atoms in total. The highest BCUT2D eigenvalue weighted by molar-refractivity contribution is 7.80. The Morgan fingerprint density at radius 2 is 2.05 bits per heavy atom. The minimum absolute atomic E-state index is 0.109. The lowest BCUT2D eigenvalue weighted by molar-refractivity contribution is 0.0929. The zero-order valence-corrected chi connectivity index (χ0v) is 13.2. The molecule has 1 amide bonds. The zero-order chi connectivity index (χ0) is 15.4. The molecule has 0 bridgehead atoms. The summed E-state index contributed by atoms with van der Waals surface area (Å²) >= 11 is 11.0. The molecule has 1 fully saturated rings. The average molecular weight is 327 g/mol. The van der Waals surface area contributed by atoms with Crippen molar-refractivity contribution < 1.29 is 9.90 Å². The van der Waals surface area contributed by atoms with E-state index in [1.807, 2.05) is 0 Å². The van der Waals surface area contributed by atoms with Crippen LogP contribution in [0.15, 0.2) is 18.2 Å². The van der Waals surface area contributed by atoms with E-state index in [0.717, 1.165) is 25.7 Å². The Kier molecular flexibility index (Phi) is 5.42. The highest BCUT2D eigenvalue weighted by Gasteiger charge is 2.28. The molecule has 6 heteroatoms. The van der Waals surface area contributed by atoms with Crippen molar-refractivity contribution in [2.24, 2.45) is 11.7 Å². The molecule has 114 valence electrons. The van der Waals surface area contributed by atoms with Gasteiger partial charge in [0.2, 0.25) is 0 Å².